The van der Waals surface area contributed by atoms with E-state index < -0.39 is 0 Å². The van der Waals surface area contributed by atoms with Crippen LogP contribution < -0.4 is 15.4 Å². The van der Waals surface area contributed by atoms with Crippen LogP contribution in [0.25, 0.3) is 11.1 Å². The van der Waals surface area contributed by atoms with E-state index in [0.29, 0.717) is 10.5 Å². The molecular formula is C16H16BrN5O2. The molecule has 0 radical (unpaired) electrons. The molecule has 1 fully saturated rings. The Balaban J connectivity index is 1.52. The molecule has 1 aromatic carbocycles. The number of oxazole rings is 1. The van der Waals surface area contributed by atoms with Gasteiger partial charge in [-0.25, -0.2) is 4.68 Å². The third-order valence-electron chi connectivity index (χ3n) is 4.23. The van der Waals surface area contributed by atoms with Gasteiger partial charge in [0.25, 0.3) is 11.6 Å². The summed E-state index contributed by atoms with van der Waals surface area (Å²) in [4.78, 5) is 20.8. The Morgan fingerprint density at radius 2 is 1.83 bits per heavy atom. The average Bonchev–Trinajstić information content (AvgIpc) is 3.04. The van der Waals surface area contributed by atoms with Gasteiger partial charge in [-0.15, -0.1) is 0 Å². The van der Waals surface area contributed by atoms with Crippen molar-refractivity contribution in [1.29, 1.82) is 0 Å². The Morgan fingerprint density at radius 1 is 1.12 bits per heavy atom. The molecule has 8 heteroatoms. The van der Waals surface area contributed by atoms with Gasteiger partial charge in [0.2, 0.25) is 0 Å². The van der Waals surface area contributed by atoms with Crippen LogP contribution >= 0.6 is 15.9 Å². The van der Waals surface area contributed by atoms with E-state index in [-0.39, 0.29) is 5.56 Å². The lowest BCUT2D eigenvalue weighted by Gasteiger charge is -2.35. The van der Waals surface area contributed by atoms with Crippen LogP contribution in [0.2, 0.25) is 0 Å². The molecule has 0 saturated carbocycles. The second-order valence-corrected chi connectivity index (χ2v) is 6.50. The summed E-state index contributed by atoms with van der Waals surface area (Å²) in [6.45, 7) is 3.08. The summed E-state index contributed by atoms with van der Waals surface area (Å²) in [5, 5.41) is 4.11. The van der Waals surface area contributed by atoms with Crippen molar-refractivity contribution in [2.45, 2.75) is 0 Å². The summed E-state index contributed by atoms with van der Waals surface area (Å²) >= 11 is 3.39. The number of para-hydroxylation sites is 2. The second kappa shape index (κ2) is 5.94. The number of rotatable bonds is 2. The summed E-state index contributed by atoms with van der Waals surface area (Å²) < 4.78 is 7.70. The molecule has 7 nitrogen and oxygen atoms in total. The Labute approximate surface area is 146 Å². The lowest BCUT2D eigenvalue weighted by atomic mass is 10.3. The zero-order chi connectivity index (χ0) is 16.7. The number of piperazine rings is 1. The normalized spacial score (nSPS) is 15.2. The molecule has 1 saturated heterocycles. The maximum atomic E-state index is 12.0. The van der Waals surface area contributed by atoms with Crippen molar-refractivity contribution in [3.63, 3.8) is 0 Å². The van der Waals surface area contributed by atoms with Crippen LogP contribution in [0.3, 0.4) is 0 Å². The number of halogens is 1. The van der Waals surface area contributed by atoms with E-state index >= 15 is 0 Å². The number of nitrogens with zero attached hydrogens (tertiary/aromatic N) is 5. The minimum Gasteiger partial charge on any atom is -0.423 e. The lowest BCUT2D eigenvalue weighted by Crippen LogP contribution is -2.47. The molecular weight excluding hydrogens is 374 g/mol. The molecule has 1 aliphatic heterocycles. The van der Waals surface area contributed by atoms with Gasteiger partial charge in [0.1, 0.15) is 9.99 Å². The minimum absolute atomic E-state index is 0.131. The standard InChI is InChI=1S/C16H16BrN5O2/c1-20-15(23)14(17)12(10-18-20)21-6-8-22(9-7-21)16-19-11-4-2-3-5-13(11)24-16/h2-5,10H,6-9H2,1H3. The predicted octanol–water partition coefficient (Wildman–Crippen LogP) is 2.01. The number of anilines is 2. The first-order valence-corrected chi connectivity index (χ1v) is 8.50. The van der Waals surface area contributed by atoms with Crippen LogP contribution in [0.4, 0.5) is 11.7 Å². The van der Waals surface area contributed by atoms with Gasteiger partial charge in [0.05, 0.1) is 11.9 Å². The Kier molecular flexibility index (Phi) is 3.76. The average molecular weight is 390 g/mol. The molecule has 1 aliphatic rings. The van der Waals surface area contributed by atoms with Crippen molar-refractivity contribution < 1.29 is 4.42 Å². The summed E-state index contributed by atoms with van der Waals surface area (Å²) in [7, 11) is 1.64. The minimum atomic E-state index is -0.131. The summed E-state index contributed by atoms with van der Waals surface area (Å²) in [6.07, 6.45) is 1.72. The number of hydrogen-bond donors (Lipinski definition) is 0. The van der Waals surface area contributed by atoms with Gasteiger partial charge in [0, 0.05) is 33.2 Å². The summed E-state index contributed by atoms with van der Waals surface area (Å²) in [5.74, 6) is 0. The van der Waals surface area contributed by atoms with Crippen molar-refractivity contribution in [2.75, 3.05) is 36.0 Å². The van der Waals surface area contributed by atoms with E-state index in [4.69, 9.17) is 4.42 Å². The third kappa shape index (κ3) is 2.56. The summed E-state index contributed by atoms with van der Waals surface area (Å²) in [6, 6.07) is 8.41. The molecule has 124 valence electrons. The van der Waals surface area contributed by atoms with Crippen molar-refractivity contribution in [2.24, 2.45) is 7.05 Å². The van der Waals surface area contributed by atoms with Gasteiger partial charge in [-0.1, -0.05) is 12.1 Å². The molecule has 0 spiro atoms. The quantitative estimate of drug-likeness (QED) is 0.667. The van der Waals surface area contributed by atoms with Crippen LogP contribution in [-0.2, 0) is 7.05 Å². The number of hydrogen-bond acceptors (Lipinski definition) is 6. The van der Waals surface area contributed by atoms with Gasteiger partial charge in [-0.3, -0.25) is 4.79 Å². The monoisotopic (exact) mass is 389 g/mol. The topological polar surface area (TPSA) is 67.4 Å². The number of aryl methyl sites for hydroxylation is 1. The highest BCUT2D eigenvalue weighted by Crippen LogP contribution is 2.26. The number of benzene rings is 1. The van der Waals surface area contributed by atoms with Crippen molar-refractivity contribution in [1.82, 2.24) is 14.8 Å². The first kappa shape index (κ1) is 15.2. The Morgan fingerprint density at radius 3 is 2.58 bits per heavy atom. The van der Waals surface area contributed by atoms with Crippen molar-refractivity contribution >= 4 is 38.7 Å². The molecule has 3 heterocycles. The third-order valence-corrected chi connectivity index (χ3v) is 4.98. The zero-order valence-corrected chi connectivity index (χ0v) is 14.7. The van der Waals surface area contributed by atoms with Gasteiger partial charge < -0.3 is 14.2 Å². The second-order valence-electron chi connectivity index (χ2n) is 5.71. The molecule has 0 bridgehead atoms. The molecule has 2 aromatic heterocycles. The van der Waals surface area contributed by atoms with E-state index in [9.17, 15) is 4.79 Å². The van der Waals surface area contributed by atoms with Crippen LogP contribution in [-0.4, -0.2) is 40.9 Å². The van der Waals surface area contributed by atoms with E-state index in [1.54, 1.807) is 13.2 Å². The van der Waals surface area contributed by atoms with Crippen molar-refractivity contribution in [3.8, 4) is 0 Å². The van der Waals surface area contributed by atoms with Gasteiger partial charge >= 0.3 is 0 Å². The Bertz CT molecular complexity index is 910. The van der Waals surface area contributed by atoms with E-state index in [0.717, 1.165) is 43.0 Å². The fraction of sp³-hybridized carbons (Fsp3) is 0.312. The van der Waals surface area contributed by atoms with E-state index in [2.05, 4.69) is 35.8 Å². The predicted molar refractivity (Wildman–Crippen MR) is 95.6 cm³/mol. The van der Waals surface area contributed by atoms with Crippen LogP contribution in [0.1, 0.15) is 0 Å². The fourth-order valence-electron chi connectivity index (χ4n) is 2.86. The highest BCUT2D eigenvalue weighted by molar-refractivity contribution is 9.10. The first-order valence-electron chi connectivity index (χ1n) is 7.71. The first-order chi connectivity index (χ1) is 11.6. The molecule has 0 unspecified atom stereocenters. The smallest absolute Gasteiger partial charge is 0.298 e. The van der Waals surface area contributed by atoms with Crippen LogP contribution in [0, 0.1) is 0 Å². The highest BCUT2D eigenvalue weighted by atomic mass is 79.9. The number of fused-ring (bicyclic) bond motifs is 1. The van der Waals surface area contributed by atoms with Gasteiger partial charge in [-0.2, -0.15) is 10.1 Å². The molecule has 4 rings (SSSR count). The number of aromatic nitrogens is 3. The van der Waals surface area contributed by atoms with Crippen LogP contribution in [0.15, 0.2) is 44.1 Å². The van der Waals surface area contributed by atoms with Gasteiger partial charge in [0.15, 0.2) is 5.58 Å². The van der Waals surface area contributed by atoms with Crippen LogP contribution in [0.5, 0.6) is 0 Å². The molecule has 0 amide bonds. The maximum Gasteiger partial charge on any atom is 0.298 e. The van der Waals surface area contributed by atoms with E-state index in [1.165, 1.54) is 4.68 Å². The largest absolute Gasteiger partial charge is 0.423 e. The fourth-order valence-corrected chi connectivity index (χ4v) is 3.47. The highest BCUT2D eigenvalue weighted by Gasteiger charge is 2.23. The molecule has 24 heavy (non-hydrogen) atoms. The maximum absolute atomic E-state index is 12.0. The molecule has 0 N–H and O–H groups in total. The zero-order valence-electron chi connectivity index (χ0n) is 13.1. The van der Waals surface area contributed by atoms with Crippen molar-refractivity contribution in [3.05, 3.63) is 45.3 Å². The molecule has 0 aliphatic carbocycles. The lowest BCUT2D eigenvalue weighted by molar-refractivity contribution is 0.540. The van der Waals surface area contributed by atoms with E-state index in [1.807, 2.05) is 24.3 Å². The Hall–Kier alpha value is -2.35. The SMILES string of the molecule is Cn1ncc(N2CCN(c3nc4ccccc4o3)CC2)c(Br)c1=O. The molecule has 0 atom stereocenters. The molecule has 3 aromatic rings. The summed E-state index contributed by atoms with van der Waals surface area (Å²) in [5.41, 5.74) is 2.37. The van der Waals surface area contributed by atoms with Gasteiger partial charge in [-0.05, 0) is 28.1 Å².